The zero-order valence-electron chi connectivity index (χ0n) is 15.0. The molecule has 1 amide bonds. The van der Waals surface area contributed by atoms with Gasteiger partial charge in [-0.15, -0.1) is 0 Å². The molecule has 0 fully saturated rings. The number of H-pyrrole nitrogens is 1. The Hall–Kier alpha value is -3.08. The fourth-order valence-corrected chi connectivity index (χ4v) is 2.73. The molecule has 2 aromatic carbocycles. The highest BCUT2D eigenvalue weighted by Gasteiger charge is 2.11. The Morgan fingerprint density at radius 2 is 1.85 bits per heavy atom. The monoisotopic (exact) mass is 348 g/mol. The Bertz CT molecular complexity index is 825. The molecule has 0 unspecified atom stereocenters. The molecule has 1 heterocycles. The highest BCUT2D eigenvalue weighted by molar-refractivity contribution is 5.95. The van der Waals surface area contributed by atoms with Crippen LogP contribution in [-0.2, 0) is 11.2 Å². The van der Waals surface area contributed by atoms with E-state index in [1.165, 1.54) is 6.42 Å². The molecule has 0 saturated carbocycles. The van der Waals surface area contributed by atoms with E-state index in [1.54, 1.807) is 6.20 Å². The average Bonchev–Trinajstić information content (AvgIpc) is 3.12. The van der Waals surface area contributed by atoms with Crippen molar-refractivity contribution in [2.75, 3.05) is 17.2 Å². The van der Waals surface area contributed by atoms with Crippen molar-refractivity contribution >= 4 is 17.3 Å². The molecule has 0 aliphatic heterocycles. The van der Waals surface area contributed by atoms with Crippen LogP contribution in [-0.4, -0.2) is 22.6 Å². The van der Waals surface area contributed by atoms with E-state index in [9.17, 15) is 4.79 Å². The fourth-order valence-electron chi connectivity index (χ4n) is 2.73. The Balaban J connectivity index is 1.59. The summed E-state index contributed by atoms with van der Waals surface area (Å²) in [5, 5.41) is 13.4. The van der Waals surface area contributed by atoms with Crippen LogP contribution in [0, 0.1) is 0 Å². The molecular weight excluding hydrogens is 324 g/mol. The predicted octanol–water partition coefficient (Wildman–Crippen LogP) is 4.47. The summed E-state index contributed by atoms with van der Waals surface area (Å²) in [7, 11) is 0. The average molecular weight is 348 g/mol. The molecule has 0 spiro atoms. The van der Waals surface area contributed by atoms with E-state index in [0.717, 1.165) is 35.5 Å². The van der Waals surface area contributed by atoms with Crippen LogP contribution in [0.2, 0.25) is 0 Å². The normalized spacial score (nSPS) is 10.5. The minimum atomic E-state index is -0.0599. The number of hydrogen-bond donors (Lipinski definition) is 3. The highest BCUT2D eigenvalue weighted by Crippen LogP contribution is 2.25. The van der Waals surface area contributed by atoms with Crippen molar-refractivity contribution in [3.8, 4) is 11.3 Å². The molecular formula is C21H24N4O. The maximum absolute atomic E-state index is 12.4. The lowest BCUT2D eigenvalue weighted by molar-refractivity contribution is -0.115. The summed E-state index contributed by atoms with van der Waals surface area (Å²) in [4.78, 5) is 12.4. The molecule has 134 valence electrons. The molecule has 3 rings (SSSR count). The maximum Gasteiger partial charge on any atom is 0.228 e. The summed E-state index contributed by atoms with van der Waals surface area (Å²) >= 11 is 0. The number of rotatable bonds is 8. The molecule has 0 saturated heterocycles. The van der Waals surface area contributed by atoms with Crippen molar-refractivity contribution in [1.29, 1.82) is 0 Å². The van der Waals surface area contributed by atoms with E-state index >= 15 is 0 Å². The summed E-state index contributed by atoms with van der Waals surface area (Å²) < 4.78 is 0. The molecule has 0 aliphatic rings. The van der Waals surface area contributed by atoms with Gasteiger partial charge in [0.05, 0.1) is 12.1 Å². The second-order valence-corrected chi connectivity index (χ2v) is 6.22. The first kappa shape index (κ1) is 17.7. The van der Waals surface area contributed by atoms with Crippen LogP contribution >= 0.6 is 0 Å². The van der Waals surface area contributed by atoms with Crippen LogP contribution < -0.4 is 10.6 Å². The Morgan fingerprint density at radius 1 is 1.08 bits per heavy atom. The third-order valence-corrected chi connectivity index (χ3v) is 4.14. The molecule has 3 N–H and O–H groups in total. The Kier molecular flexibility index (Phi) is 6.04. The van der Waals surface area contributed by atoms with Gasteiger partial charge < -0.3 is 10.6 Å². The van der Waals surface area contributed by atoms with E-state index in [-0.39, 0.29) is 5.91 Å². The molecule has 0 bridgehead atoms. The van der Waals surface area contributed by atoms with Crippen molar-refractivity contribution in [2.45, 2.75) is 26.2 Å². The Morgan fingerprint density at radius 3 is 2.58 bits per heavy atom. The zero-order valence-corrected chi connectivity index (χ0v) is 15.0. The summed E-state index contributed by atoms with van der Waals surface area (Å²) in [6.45, 7) is 3.14. The second-order valence-electron chi connectivity index (χ2n) is 6.22. The SMILES string of the molecule is CCCCNc1ccc(CC(=O)Nc2c[nH]nc2-c2ccccc2)cc1. The summed E-state index contributed by atoms with van der Waals surface area (Å²) in [5.41, 5.74) is 4.47. The van der Waals surface area contributed by atoms with Gasteiger partial charge in [0.1, 0.15) is 5.69 Å². The standard InChI is InChI=1S/C21H24N4O/c1-2-3-13-22-18-11-9-16(10-12-18)14-20(26)24-19-15-23-25-21(19)17-7-5-4-6-8-17/h4-12,15,22H,2-3,13-14H2,1H3,(H,23,25)(H,24,26). The number of aromatic nitrogens is 2. The number of aromatic amines is 1. The molecule has 5 nitrogen and oxygen atoms in total. The van der Waals surface area contributed by atoms with Crippen LogP contribution in [0.5, 0.6) is 0 Å². The molecule has 0 aliphatic carbocycles. The molecule has 1 aromatic heterocycles. The van der Waals surface area contributed by atoms with E-state index in [4.69, 9.17) is 0 Å². The topological polar surface area (TPSA) is 69.8 Å². The third-order valence-electron chi connectivity index (χ3n) is 4.14. The van der Waals surface area contributed by atoms with Crippen LogP contribution in [0.4, 0.5) is 11.4 Å². The van der Waals surface area contributed by atoms with Crippen molar-refractivity contribution in [3.63, 3.8) is 0 Å². The third kappa shape index (κ3) is 4.72. The minimum Gasteiger partial charge on any atom is -0.385 e. The van der Waals surface area contributed by atoms with E-state index in [1.807, 2.05) is 54.6 Å². The first-order valence-corrected chi connectivity index (χ1v) is 8.98. The molecule has 5 heteroatoms. The number of nitrogens with zero attached hydrogens (tertiary/aromatic N) is 1. The lowest BCUT2D eigenvalue weighted by Crippen LogP contribution is -2.14. The van der Waals surface area contributed by atoms with Crippen LogP contribution in [0.3, 0.4) is 0 Å². The fraction of sp³-hybridized carbons (Fsp3) is 0.238. The largest absolute Gasteiger partial charge is 0.385 e. The van der Waals surface area contributed by atoms with Crippen molar-refractivity contribution < 1.29 is 4.79 Å². The van der Waals surface area contributed by atoms with Crippen LogP contribution in [0.15, 0.2) is 60.8 Å². The number of carbonyl (C=O) groups excluding carboxylic acids is 1. The van der Waals surface area contributed by atoms with Crippen LogP contribution in [0.1, 0.15) is 25.3 Å². The van der Waals surface area contributed by atoms with Gasteiger partial charge in [0, 0.05) is 24.0 Å². The van der Waals surface area contributed by atoms with Gasteiger partial charge in [-0.3, -0.25) is 9.89 Å². The molecule has 3 aromatic rings. The smallest absolute Gasteiger partial charge is 0.228 e. The van der Waals surface area contributed by atoms with Gasteiger partial charge >= 0.3 is 0 Å². The number of unbranched alkanes of at least 4 members (excludes halogenated alkanes) is 1. The first-order valence-electron chi connectivity index (χ1n) is 8.98. The Labute approximate surface area is 153 Å². The summed E-state index contributed by atoms with van der Waals surface area (Å²) in [5.74, 6) is -0.0599. The first-order chi connectivity index (χ1) is 12.8. The maximum atomic E-state index is 12.4. The molecule has 26 heavy (non-hydrogen) atoms. The van der Waals surface area contributed by atoms with Gasteiger partial charge in [0.25, 0.3) is 0 Å². The van der Waals surface area contributed by atoms with Gasteiger partial charge in [0.2, 0.25) is 5.91 Å². The number of hydrogen-bond acceptors (Lipinski definition) is 3. The van der Waals surface area contributed by atoms with Gasteiger partial charge in [0.15, 0.2) is 0 Å². The van der Waals surface area contributed by atoms with Crippen molar-refractivity contribution in [2.24, 2.45) is 0 Å². The minimum absolute atomic E-state index is 0.0599. The summed E-state index contributed by atoms with van der Waals surface area (Å²) in [6.07, 6.45) is 4.36. The molecule has 0 radical (unpaired) electrons. The zero-order chi connectivity index (χ0) is 18.2. The lowest BCUT2D eigenvalue weighted by Gasteiger charge is -2.08. The lowest BCUT2D eigenvalue weighted by atomic mass is 10.1. The van der Waals surface area contributed by atoms with Gasteiger partial charge in [-0.2, -0.15) is 5.10 Å². The van der Waals surface area contributed by atoms with Gasteiger partial charge in [-0.1, -0.05) is 55.8 Å². The second kappa shape index (κ2) is 8.85. The van der Waals surface area contributed by atoms with E-state index in [0.29, 0.717) is 12.1 Å². The number of benzene rings is 2. The number of amides is 1. The van der Waals surface area contributed by atoms with Crippen LogP contribution in [0.25, 0.3) is 11.3 Å². The van der Waals surface area contributed by atoms with Crippen molar-refractivity contribution in [3.05, 3.63) is 66.4 Å². The van der Waals surface area contributed by atoms with E-state index in [2.05, 4.69) is 27.8 Å². The summed E-state index contributed by atoms with van der Waals surface area (Å²) in [6, 6.07) is 17.8. The van der Waals surface area contributed by atoms with Crippen molar-refractivity contribution in [1.82, 2.24) is 10.2 Å². The van der Waals surface area contributed by atoms with Gasteiger partial charge in [-0.25, -0.2) is 0 Å². The predicted molar refractivity (Wildman–Crippen MR) is 106 cm³/mol. The number of nitrogens with one attached hydrogen (secondary N) is 3. The quantitative estimate of drug-likeness (QED) is 0.526. The molecule has 0 atom stereocenters. The van der Waals surface area contributed by atoms with Gasteiger partial charge in [-0.05, 0) is 24.1 Å². The highest BCUT2D eigenvalue weighted by atomic mass is 16.1. The number of anilines is 2. The van der Waals surface area contributed by atoms with E-state index < -0.39 is 0 Å². The number of carbonyl (C=O) groups is 1.